The van der Waals surface area contributed by atoms with E-state index in [9.17, 15) is 23.1 Å². The van der Waals surface area contributed by atoms with Gasteiger partial charge in [-0.15, -0.1) is 0 Å². The topological polar surface area (TPSA) is 61.4 Å². The molecule has 1 aromatic carbocycles. The van der Waals surface area contributed by atoms with E-state index < -0.39 is 35.3 Å². The van der Waals surface area contributed by atoms with Crippen LogP contribution in [0.4, 0.5) is 23.7 Å². The first-order valence-electron chi connectivity index (χ1n) is 6.19. The van der Waals surface area contributed by atoms with Crippen molar-refractivity contribution < 1.29 is 23.1 Å². The van der Waals surface area contributed by atoms with Crippen molar-refractivity contribution >= 4 is 11.7 Å². The third kappa shape index (κ3) is 4.41. The van der Waals surface area contributed by atoms with Crippen molar-refractivity contribution in [2.75, 3.05) is 11.9 Å². The van der Waals surface area contributed by atoms with Crippen LogP contribution in [0.5, 0.6) is 0 Å². The molecule has 0 saturated carbocycles. The summed E-state index contributed by atoms with van der Waals surface area (Å²) in [5.41, 5.74) is -0.453. The van der Waals surface area contributed by atoms with Gasteiger partial charge in [0.05, 0.1) is 11.8 Å². The Bertz CT molecular complexity index is 481. The summed E-state index contributed by atoms with van der Waals surface area (Å²) in [4.78, 5) is 11.4. The fraction of sp³-hybridized carbons (Fsp3) is 0.462. The number of hydrogen-bond acceptors (Lipinski definition) is 2. The van der Waals surface area contributed by atoms with Crippen molar-refractivity contribution in [2.45, 2.75) is 26.4 Å². The van der Waals surface area contributed by atoms with Crippen LogP contribution >= 0.6 is 0 Å². The molecular formula is C13H17F3N2O2. The molecule has 0 aliphatic heterocycles. The van der Waals surface area contributed by atoms with Gasteiger partial charge in [0, 0.05) is 6.54 Å². The average molecular weight is 290 g/mol. The van der Waals surface area contributed by atoms with E-state index in [-0.39, 0.29) is 12.5 Å². The minimum Gasteiger partial charge on any atom is -0.393 e. The summed E-state index contributed by atoms with van der Waals surface area (Å²) in [6.45, 7) is 3.85. The van der Waals surface area contributed by atoms with Gasteiger partial charge in [-0.1, -0.05) is 13.8 Å². The number of benzene rings is 1. The normalized spacial score (nSPS) is 12.3. The van der Waals surface area contributed by atoms with Gasteiger partial charge < -0.3 is 15.7 Å². The van der Waals surface area contributed by atoms with Crippen molar-refractivity contribution in [3.05, 3.63) is 29.6 Å². The summed E-state index contributed by atoms with van der Waals surface area (Å²) < 4.78 is 38.9. The molecule has 1 unspecified atom stereocenters. The van der Waals surface area contributed by atoms with Crippen LogP contribution in [0.2, 0.25) is 0 Å². The van der Waals surface area contributed by atoms with Crippen LogP contribution in [0, 0.1) is 23.4 Å². The highest BCUT2D eigenvalue weighted by molar-refractivity contribution is 5.89. The van der Waals surface area contributed by atoms with Crippen molar-refractivity contribution in [1.29, 1.82) is 0 Å². The smallest absolute Gasteiger partial charge is 0.319 e. The van der Waals surface area contributed by atoms with E-state index in [1.165, 1.54) is 0 Å². The monoisotopic (exact) mass is 290 g/mol. The van der Waals surface area contributed by atoms with Gasteiger partial charge in [-0.2, -0.15) is 0 Å². The van der Waals surface area contributed by atoms with Gasteiger partial charge in [-0.25, -0.2) is 18.0 Å². The quantitative estimate of drug-likeness (QED) is 0.730. The Balaban J connectivity index is 2.49. The van der Waals surface area contributed by atoms with Crippen LogP contribution < -0.4 is 10.6 Å². The number of aliphatic hydroxyl groups is 1. The van der Waals surface area contributed by atoms with Crippen molar-refractivity contribution in [3.63, 3.8) is 0 Å². The number of hydrogen-bond donors (Lipinski definition) is 3. The first-order chi connectivity index (χ1) is 9.32. The molecule has 7 heteroatoms. The number of carbonyl (C=O) groups is 1. The van der Waals surface area contributed by atoms with E-state index in [0.29, 0.717) is 6.42 Å². The summed E-state index contributed by atoms with van der Waals surface area (Å²) in [5.74, 6) is -4.36. The molecule has 1 atom stereocenters. The maximum Gasteiger partial charge on any atom is 0.319 e. The lowest BCUT2D eigenvalue weighted by molar-refractivity contribution is 0.117. The fourth-order valence-corrected chi connectivity index (χ4v) is 1.46. The lowest BCUT2D eigenvalue weighted by atomic mass is 10.0. The van der Waals surface area contributed by atoms with Gasteiger partial charge in [0.15, 0.2) is 17.5 Å². The maximum atomic E-state index is 13.3. The molecule has 0 aliphatic rings. The third-order valence-electron chi connectivity index (χ3n) is 2.78. The Labute approximate surface area is 115 Å². The standard InChI is InChI=1S/C13H17F3N2O2/c1-7(2)10(19)5-6-17-13(20)18-9-4-3-8(14)11(15)12(9)16/h3-4,7,10,19H,5-6H2,1-2H3,(H2,17,18,20). The number of nitrogens with one attached hydrogen (secondary N) is 2. The molecule has 0 heterocycles. The fourth-order valence-electron chi connectivity index (χ4n) is 1.46. The Morgan fingerprint density at radius 2 is 1.90 bits per heavy atom. The van der Waals surface area contributed by atoms with Crippen LogP contribution in [0.1, 0.15) is 20.3 Å². The Morgan fingerprint density at radius 3 is 2.50 bits per heavy atom. The molecule has 2 amide bonds. The first-order valence-corrected chi connectivity index (χ1v) is 6.19. The van der Waals surface area contributed by atoms with Crippen LogP contribution in [0.3, 0.4) is 0 Å². The Kier molecular flexibility index (Phi) is 5.82. The molecular weight excluding hydrogens is 273 g/mol. The molecule has 0 saturated heterocycles. The highest BCUT2D eigenvalue weighted by Gasteiger charge is 2.15. The van der Waals surface area contributed by atoms with E-state index in [0.717, 1.165) is 12.1 Å². The van der Waals surface area contributed by atoms with Crippen LogP contribution in [-0.2, 0) is 0 Å². The largest absolute Gasteiger partial charge is 0.393 e. The van der Waals surface area contributed by atoms with E-state index in [1.54, 1.807) is 0 Å². The zero-order valence-corrected chi connectivity index (χ0v) is 11.2. The summed E-state index contributed by atoms with van der Waals surface area (Å²) in [5, 5.41) is 14.0. The van der Waals surface area contributed by atoms with Gasteiger partial charge in [-0.3, -0.25) is 0 Å². The molecule has 0 fully saturated rings. The van der Waals surface area contributed by atoms with Crippen LogP contribution in [0.15, 0.2) is 12.1 Å². The van der Waals surface area contributed by atoms with E-state index in [4.69, 9.17) is 0 Å². The van der Waals surface area contributed by atoms with Crippen molar-refractivity contribution in [3.8, 4) is 0 Å². The van der Waals surface area contributed by atoms with Crippen LogP contribution in [0.25, 0.3) is 0 Å². The second-order valence-corrected chi connectivity index (χ2v) is 4.70. The number of amides is 2. The molecule has 20 heavy (non-hydrogen) atoms. The number of halogens is 3. The van der Waals surface area contributed by atoms with Gasteiger partial charge >= 0.3 is 6.03 Å². The zero-order chi connectivity index (χ0) is 15.3. The summed E-state index contributed by atoms with van der Waals surface area (Å²) in [7, 11) is 0. The first kappa shape index (κ1) is 16.3. The lowest BCUT2D eigenvalue weighted by Gasteiger charge is -2.14. The number of rotatable bonds is 5. The predicted molar refractivity (Wildman–Crippen MR) is 68.8 cm³/mol. The number of carbonyl (C=O) groups excluding carboxylic acids is 1. The minimum atomic E-state index is -1.64. The highest BCUT2D eigenvalue weighted by atomic mass is 19.2. The third-order valence-corrected chi connectivity index (χ3v) is 2.78. The zero-order valence-electron chi connectivity index (χ0n) is 11.2. The maximum absolute atomic E-state index is 13.3. The molecule has 1 rings (SSSR count). The van der Waals surface area contributed by atoms with E-state index in [1.807, 2.05) is 13.8 Å². The average Bonchev–Trinajstić information content (AvgIpc) is 2.39. The minimum absolute atomic E-state index is 0.0588. The summed E-state index contributed by atoms with van der Waals surface area (Å²) in [6, 6.07) is 0.887. The number of aliphatic hydroxyl groups excluding tert-OH is 1. The molecule has 4 nitrogen and oxygen atoms in total. The number of urea groups is 1. The molecule has 3 N–H and O–H groups in total. The summed E-state index contributed by atoms with van der Waals surface area (Å²) >= 11 is 0. The van der Waals surface area contributed by atoms with E-state index >= 15 is 0 Å². The lowest BCUT2D eigenvalue weighted by Crippen LogP contribution is -2.32. The number of anilines is 1. The molecule has 0 bridgehead atoms. The molecule has 0 aromatic heterocycles. The molecule has 0 spiro atoms. The van der Waals surface area contributed by atoms with Crippen molar-refractivity contribution in [1.82, 2.24) is 5.32 Å². The van der Waals surface area contributed by atoms with Crippen molar-refractivity contribution in [2.24, 2.45) is 5.92 Å². The molecule has 1 aromatic rings. The molecule has 0 radical (unpaired) electrons. The highest BCUT2D eigenvalue weighted by Crippen LogP contribution is 2.19. The second kappa shape index (κ2) is 7.14. The van der Waals surface area contributed by atoms with Gasteiger partial charge in [-0.05, 0) is 24.5 Å². The van der Waals surface area contributed by atoms with Gasteiger partial charge in [0.1, 0.15) is 0 Å². The Morgan fingerprint density at radius 1 is 1.25 bits per heavy atom. The summed E-state index contributed by atoms with van der Waals surface area (Å²) in [6.07, 6.45) is -0.221. The second-order valence-electron chi connectivity index (χ2n) is 4.70. The van der Waals surface area contributed by atoms with Gasteiger partial charge in [0.2, 0.25) is 0 Å². The van der Waals surface area contributed by atoms with Gasteiger partial charge in [0.25, 0.3) is 0 Å². The Hall–Kier alpha value is -1.76. The molecule has 112 valence electrons. The SMILES string of the molecule is CC(C)C(O)CCNC(=O)Nc1ccc(F)c(F)c1F. The predicted octanol–water partition coefficient (Wildman–Crippen LogP) is 2.63. The molecule has 0 aliphatic carbocycles. The van der Waals surface area contributed by atoms with E-state index in [2.05, 4.69) is 10.6 Å². The van der Waals surface area contributed by atoms with Crippen LogP contribution in [-0.4, -0.2) is 23.8 Å².